The number of amides is 1. The van der Waals surface area contributed by atoms with Crippen LogP contribution in [0.5, 0.6) is 17.2 Å². The molecular formula is C29H31FN4O5. The lowest BCUT2D eigenvalue weighted by Gasteiger charge is -2.21. The van der Waals surface area contributed by atoms with E-state index >= 15 is 0 Å². The molecule has 0 aliphatic heterocycles. The summed E-state index contributed by atoms with van der Waals surface area (Å²) in [5.41, 5.74) is -0.209. The number of nitrogens with zero attached hydrogens (tertiary/aromatic N) is 3. The van der Waals surface area contributed by atoms with E-state index in [1.807, 2.05) is 24.3 Å². The first kappa shape index (κ1) is 27.4. The molecule has 1 heterocycles. The molecule has 4 aromatic rings. The van der Waals surface area contributed by atoms with Gasteiger partial charge >= 0.3 is 5.69 Å². The molecular weight excluding hydrogens is 503 g/mol. The van der Waals surface area contributed by atoms with Gasteiger partial charge in [0.2, 0.25) is 0 Å². The molecule has 0 saturated heterocycles. The number of rotatable bonds is 10. The second-order valence-corrected chi connectivity index (χ2v) is 9.68. The lowest BCUT2D eigenvalue weighted by Crippen LogP contribution is -2.26. The quantitative estimate of drug-likeness (QED) is 0.250. The number of aromatic hydroxyl groups is 2. The second kappa shape index (κ2) is 11.8. The molecule has 9 nitrogen and oxygen atoms in total. The van der Waals surface area contributed by atoms with Gasteiger partial charge in [-0.3, -0.25) is 4.79 Å². The maximum atomic E-state index is 14.5. The van der Waals surface area contributed by atoms with Gasteiger partial charge in [0.15, 0.2) is 5.82 Å². The molecule has 0 atom stereocenters. The number of hydrogen-bond acceptors (Lipinski definition) is 6. The van der Waals surface area contributed by atoms with Crippen LogP contribution in [0.15, 0.2) is 65.5 Å². The fourth-order valence-electron chi connectivity index (χ4n) is 4.24. The van der Waals surface area contributed by atoms with Crippen LogP contribution < -0.4 is 10.4 Å². The minimum absolute atomic E-state index is 0.0416. The number of phenols is 2. The number of nitrogens with one attached hydrogen (secondary N) is 1. The summed E-state index contributed by atoms with van der Waals surface area (Å²) in [7, 11) is 1.58. The Bertz CT molecular complexity index is 1530. The zero-order chi connectivity index (χ0) is 28.1. The van der Waals surface area contributed by atoms with Crippen LogP contribution in [0.3, 0.4) is 0 Å². The first-order chi connectivity index (χ1) is 18.7. The first-order valence-corrected chi connectivity index (χ1v) is 12.6. The molecule has 10 heteroatoms. The predicted molar refractivity (Wildman–Crippen MR) is 145 cm³/mol. The van der Waals surface area contributed by atoms with Crippen LogP contribution in [0.1, 0.15) is 42.6 Å². The van der Waals surface area contributed by atoms with E-state index < -0.39 is 28.9 Å². The molecule has 0 saturated carbocycles. The van der Waals surface area contributed by atoms with Crippen LogP contribution in [-0.2, 0) is 6.54 Å². The number of para-hydroxylation sites is 2. The molecule has 0 unspecified atom stereocenters. The van der Waals surface area contributed by atoms with Crippen molar-refractivity contribution in [2.24, 2.45) is 5.92 Å². The van der Waals surface area contributed by atoms with E-state index in [-0.39, 0.29) is 29.2 Å². The van der Waals surface area contributed by atoms with Crippen LogP contribution in [0, 0.1) is 11.7 Å². The molecule has 1 amide bonds. The molecule has 3 aromatic carbocycles. The third kappa shape index (κ3) is 6.11. The fourth-order valence-corrected chi connectivity index (χ4v) is 4.24. The van der Waals surface area contributed by atoms with Gasteiger partial charge in [-0.15, -0.1) is 0 Å². The number of halogens is 1. The smallest absolute Gasteiger partial charge is 0.348 e. The minimum Gasteiger partial charge on any atom is -0.507 e. The number of aromatic nitrogens is 3. The van der Waals surface area contributed by atoms with Crippen molar-refractivity contribution in [3.05, 3.63) is 88.1 Å². The summed E-state index contributed by atoms with van der Waals surface area (Å²) in [6.45, 7) is 5.06. The summed E-state index contributed by atoms with van der Waals surface area (Å²) in [5, 5.41) is 27.3. The Labute approximate surface area is 225 Å². The Morgan fingerprint density at radius 3 is 2.56 bits per heavy atom. The van der Waals surface area contributed by atoms with Crippen molar-refractivity contribution >= 4 is 5.91 Å². The SMILES string of the molecule is CC(C)CCCOc1ccccc1CN(C)C(=O)c1cc(-c2n[nH]c(=O)n2-c2ccccc2F)c(O)cc1O. The Balaban J connectivity index is 1.62. The van der Waals surface area contributed by atoms with Gasteiger partial charge in [0.1, 0.15) is 23.1 Å². The number of aromatic amines is 1. The molecule has 204 valence electrons. The van der Waals surface area contributed by atoms with Gasteiger partial charge in [0, 0.05) is 25.2 Å². The zero-order valence-corrected chi connectivity index (χ0v) is 22.0. The topological polar surface area (TPSA) is 121 Å². The summed E-state index contributed by atoms with van der Waals surface area (Å²) in [6, 6.07) is 15.2. The normalized spacial score (nSPS) is 11.1. The number of phenolic OH excluding ortho intramolecular Hbond substituents is 2. The van der Waals surface area contributed by atoms with Crippen molar-refractivity contribution in [1.82, 2.24) is 19.7 Å². The van der Waals surface area contributed by atoms with Crippen LogP contribution >= 0.6 is 0 Å². The lowest BCUT2D eigenvalue weighted by atomic mass is 10.1. The largest absolute Gasteiger partial charge is 0.507 e. The molecule has 39 heavy (non-hydrogen) atoms. The molecule has 0 spiro atoms. The summed E-state index contributed by atoms with van der Waals surface area (Å²) in [5.74, 6) is -0.995. The number of H-pyrrole nitrogens is 1. The Morgan fingerprint density at radius 1 is 1.10 bits per heavy atom. The van der Waals surface area contributed by atoms with Gasteiger partial charge in [-0.05, 0) is 43.0 Å². The first-order valence-electron chi connectivity index (χ1n) is 12.6. The van der Waals surface area contributed by atoms with Gasteiger partial charge in [0.25, 0.3) is 5.91 Å². The second-order valence-electron chi connectivity index (χ2n) is 9.68. The van der Waals surface area contributed by atoms with Gasteiger partial charge in [-0.25, -0.2) is 18.9 Å². The molecule has 0 bridgehead atoms. The maximum Gasteiger partial charge on any atom is 0.348 e. The van der Waals surface area contributed by atoms with Crippen LogP contribution in [0.4, 0.5) is 4.39 Å². The van der Waals surface area contributed by atoms with Crippen molar-refractivity contribution < 1.29 is 24.1 Å². The van der Waals surface area contributed by atoms with Crippen molar-refractivity contribution in [3.63, 3.8) is 0 Å². The van der Waals surface area contributed by atoms with Crippen LogP contribution in [-0.4, -0.2) is 49.4 Å². The highest BCUT2D eigenvalue weighted by Gasteiger charge is 2.24. The van der Waals surface area contributed by atoms with E-state index in [0.717, 1.165) is 29.0 Å². The predicted octanol–water partition coefficient (Wildman–Crippen LogP) is 4.87. The standard InChI is InChI=1S/C29H31FN4O5/c1-18(2)9-8-14-39-26-13-7-4-10-19(26)17-33(3)28(37)21-15-20(24(35)16-25(21)36)27-31-32-29(38)34(27)23-12-6-5-11-22(23)30/h4-7,10-13,15-16,18,35-36H,8-9,14,17H2,1-3H3,(H,32,38). The number of benzene rings is 3. The highest BCUT2D eigenvalue weighted by molar-refractivity contribution is 5.98. The van der Waals surface area contributed by atoms with Crippen molar-refractivity contribution in [2.45, 2.75) is 33.2 Å². The highest BCUT2D eigenvalue weighted by Crippen LogP contribution is 2.35. The van der Waals surface area contributed by atoms with Crippen molar-refractivity contribution in [1.29, 1.82) is 0 Å². The van der Waals surface area contributed by atoms with E-state index in [9.17, 15) is 24.2 Å². The number of ether oxygens (including phenoxy) is 1. The Morgan fingerprint density at radius 2 is 1.82 bits per heavy atom. The monoisotopic (exact) mass is 534 g/mol. The van der Waals surface area contributed by atoms with Gasteiger partial charge in [-0.1, -0.05) is 44.2 Å². The van der Waals surface area contributed by atoms with Gasteiger partial charge in [0.05, 0.1) is 23.4 Å². The average Bonchev–Trinajstić information content (AvgIpc) is 3.28. The summed E-state index contributed by atoms with van der Waals surface area (Å²) >= 11 is 0. The summed E-state index contributed by atoms with van der Waals surface area (Å²) < 4.78 is 21.4. The average molecular weight is 535 g/mol. The highest BCUT2D eigenvalue weighted by atomic mass is 19.1. The van der Waals surface area contributed by atoms with E-state index in [0.29, 0.717) is 18.3 Å². The molecule has 0 aliphatic rings. The molecule has 0 fully saturated rings. The number of carbonyl (C=O) groups is 1. The van der Waals surface area contributed by atoms with E-state index in [1.165, 1.54) is 29.2 Å². The molecule has 0 aliphatic carbocycles. The van der Waals surface area contributed by atoms with E-state index in [2.05, 4.69) is 24.0 Å². The number of carbonyl (C=O) groups excluding carboxylic acids is 1. The minimum atomic E-state index is -0.738. The number of hydrogen-bond donors (Lipinski definition) is 3. The van der Waals surface area contributed by atoms with E-state index in [4.69, 9.17) is 4.74 Å². The van der Waals surface area contributed by atoms with Crippen molar-refractivity contribution in [3.8, 4) is 34.3 Å². The lowest BCUT2D eigenvalue weighted by molar-refractivity contribution is 0.0781. The Kier molecular flexibility index (Phi) is 8.33. The molecule has 3 N–H and O–H groups in total. The molecule has 4 rings (SSSR count). The van der Waals surface area contributed by atoms with Gasteiger partial charge < -0.3 is 19.8 Å². The summed E-state index contributed by atoms with van der Waals surface area (Å²) in [6.07, 6.45) is 1.96. The van der Waals surface area contributed by atoms with Gasteiger partial charge in [-0.2, -0.15) is 5.10 Å². The van der Waals surface area contributed by atoms with Crippen LogP contribution in [0.2, 0.25) is 0 Å². The van der Waals surface area contributed by atoms with Crippen LogP contribution in [0.25, 0.3) is 17.1 Å². The van der Waals surface area contributed by atoms with E-state index in [1.54, 1.807) is 13.1 Å². The Hall–Kier alpha value is -4.60. The zero-order valence-electron chi connectivity index (χ0n) is 22.0. The molecule has 1 aromatic heterocycles. The maximum absolute atomic E-state index is 14.5. The summed E-state index contributed by atoms with van der Waals surface area (Å²) in [4.78, 5) is 27.3. The third-order valence-corrected chi connectivity index (χ3v) is 6.26. The third-order valence-electron chi connectivity index (χ3n) is 6.26. The van der Waals surface area contributed by atoms with Crippen molar-refractivity contribution in [2.75, 3.05) is 13.7 Å². The molecule has 0 radical (unpaired) electrons. The fraction of sp³-hybridized carbons (Fsp3) is 0.276.